The van der Waals surface area contributed by atoms with Gasteiger partial charge in [0.05, 0.1) is 0 Å². The predicted octanol–water partition coefficient (Wildman–Crippen LogP) is 3.11. The van der Waals surface area contributed by atoms with Crippen LogP contribution in [0.3, 0.4) is 0 Å². The third kappa shape index (κ3) is 2.70. The molecule has 2 rings (SSSR count). The summed E-state index contributed by atoms with van der Waals surface area (Å²) in [5.74, 6) is -2.27. The van der Waals surface area contributed by atoms with Crippen molar-refractivity contribution >= 4 is 17.3 Å². The van der Waals surface area contributed by atoms with Crippen LogP contribution in [0, 0.1) is 18.6 Å². The minimum absolute atomic E-state index is 0.241. The van der Waals surface area contributed by atoms with Gasteiger partial charge in [-0.15, -0.1) is 0 Å². The lowest BCUT2D eigenvalue weighted by atomic mass is 10.1. The molecule has 0 aromatic heterocycles. The number of nitrogens with two attached hydrogens (primary N) is 1. The van der Waals surface area contributed by atoms with E-state index in [9.17, 15) is 13.6 Å². The van der Waals surface area contributed by atoms with Crippen molar-refractivity contribution in [2.24, 2.45) is 0 Å². The fourth-order valence-corrected chi connectivity index (χ4v) is 1.58. The molecule has 3 N–H and O–H groups in total. The maximum Gasteiger partial charge on any atom is 0.255 e. The maximum absolute atomic E-state index is 13.4. The van der Waals surface area contributed by atoms with Crippen LogP contribution >= 0.6 is 0 Å². The number of rotatable bonds is 2. The van der Waals surface area contributed by atoms with Crippen molar-refractivity contribution < 1.29 is 13.6 Å². The fourth-order valence-electron chi connectivity index (χ4n) is 1.58. The summed E-state index contributed by atoms with van der Waals surface area (Å²) in [6.07, 6.45) is 0. The highest BCUT2D eigenvalue weighted by Crippen LogP contribution is 2.20. The number of benzene rings is 2. The lowest BCUT2D eigenvalue weighted by Crippen LogP contribution is -2.14. The van der Waals surface area contributed by atoms with Crippen LogP contribution in [0.25, 0.3) is 0 Å². The zero-order valence-electron chi connectivity index (χ0n) is 10.2. The lowest BCUT2D eigenvalue weighted by molar-refractivity contribution is 0.102. The number of hydrogen-bond donors (Lipinski definition) is 2. The van der Waals surface area contributed by atoms with Gasteiger partial charge in [-0.2, -0.15) is 0 Å². The SMILES string of the molecule is Cc1ccc(C(=O)Nc2c(F)cccc2F)cc1N. The second-order valence-corrected chi connectivity index (χ2v) is 4.12. The van der Waals surface area contributed by atoms with Crippen molar-refractivity contribution in [3.8, 4) is 0 Å². The van der Waals surface area contributed by atoms with E-state index < -0.39 is 23.2 Å². The summed E-state index contributed by atoms with van der Waals surface area (Å²) in [6.45, 7) is 1.80. The number of anilines is 2. The first-order chi connectivity index (χ1) is 8.99. The van der Waals surface area contributed by atoms with Crippen LogP contribution in [0.15, 0.2) is 36.4 Å². The largest absolute Gasteiger partial charge is 0.398 e. The summed E-state index contributed by atoms with van der Waals surface area (Å²) in [5, 5.41) is 2.20. The Morgan fingerprint density at radius 2 is 1.79 bits per heavy atom. The predicted molar refractivity (Wildman–Crippen MR) is 69.9 cm³/mol. The Kier molecular flexibility index (Phi) is 3.46. The second kappa shape index (κ2) is 5.06. The number of nitrogens with one attached hydrogen (secondary N) is 1. The van der Waals surface area contributed by atoms with E-state index >= 15 is 0 Å². The van der Waals surface area contributed by atoms with Crippen LogP contribution in [0.2, 0.25) is 0 Å². The molecule has 0 bridgehead atoms. The number of amides is 1. The van der Waals surface area contributed by atoms with Gasteiger partial charge in [-0.25, -0.2) is 8.78 Å². The summed E-state index contributed by atoms with van der Waals surface area (Å²) < 4.78 is 26.8. The normalized spacial score (nSPS) is 10.3. The van der Waals surface area contributed by atoms with Crippen LogP contribution in [-0.2, 0) is 0 Å². The molecular formula is C14H12F2N2O. The molecule has 0 atom stereocenters. The van der Waals surface area contributed by atoms with Crippen LogP contribution in [-0.4, -0.2) is 5.91 Å². The minimum Gasteiger partial charge on any atom is -0.398 e. The first-order valence-corrected chi connectivity index (χ1v) is 5.60. The molecule has 2 aromatic carbocycles. The number of aryl methyl sites for hydroxylation is 1. The molecule has 0 fully saturated rings. The first kappa shape index (κ1) is 13.0. The minimum atomic E-state index is -0.826. The Bertz CT molecular complexity index is 621. The van der Waals surface area contributed by atoms with Crippen molar-refractivity contribution in [3.05, 3.63) is 59.2 Å². The van der Waals surface area contributed by atoms with Crippen LogP contribution in [0.1, 0.15) is 15.9 Å². The Labute approximate surface area is 109 Å². The number of para-hydroxylation sites is 1. The molecule has 0 radical (unpaired) electrons. The topological polar surface area (TPSA) is 55.1 Å². The first-order valence-electron chi connectivity index (χ1n) is 5.60. The fraction of sp³-hybridized carbons (Fsp3) is 0.0714. The van der Waals surface area contributed by atoms with Gasteiger partial charge < -0.3 is 11.1 Å². The number of carbonyl (C=O) groups excluding carboxylic acids is 1. The Morgan fingerprint density at radius 3 is 2.37 bits per heavy atom. The lowest BCUT2D eigenvalue weighted by Gasteiger charge is -2.08. The van der Waals surface area contributed by atoms with Crippen molar-refractivity contribution in [3.63, 3.8) is 0 Å². The molecule has 3 nitrogen and oxygen atoms in total. The molecule has 2 aromatic rings. The molecule has 98 valence electrons. The maximum atomic E-state index is 13.4. The van der Waals surface area contributed by atoms with E-state index in [1.54, 1.807) is 19.1 Å². The molecular weight excluding hydrogens is 250 g/mol. The molecule has 0 heterocycles. The van der Waals surface area contributed by atoms with Crippen LogP contribution < -0.4 is 11.1 Å². The van der Waals surface area contributed by atoms with E-state index in [2.05, 4.69) is 5.32 Å². The standard InChI is InChI=1S/C14H12F2N2O/c1-8-5-6-9(7-12(8)17)14(19)18-13-10(15)3-2-4-11(13)16/h2-7H,17H2,1H3,(H,18,19). The van der Waals surface area contributed by atoms with Crippen LogP contribution in [0.5, 0.6) is 0 Å². The van der Waals surface area contributed by atoms with E-state index in [-0.39, 0.29) is 5.56 Å². The van der Waals surface area contributed by atoms with Gasteiger partial charge in [-0.3, -0.25) is 4.79 Å². The zero-order chi connectivity index (χ0) is 14.0. The molecule has 0 unspecified atom stereocenters. The van der Waals surface area contributed by atoms with E-state index in [1.165, 1.54) is 12.1 Å². The number of carbonyl (C=O) groups is 1. The number of nitrogen functional groups attached to an aromatic ring is 1. The van der Waals surface area contributed by atoms with Gasteiger partial charge in [-0.05, 0) is 36.8 Å². The van der Waals surface area contributed by atoms with Gasteiger partial charge in [0.15, 0.2) is 0 Å². The quantitative estimate of drug-likeness (QED) is 0.817. The van der Waals surface area contributed by atoms with E-state index in [4.69, 9.17) is 5.73 Å². The molecule has 19 heavy (non-hydrogen) atoms. The number of hydrogen-bond acceptors (Lipinski definition) is 2. The van der Waals surface area contributed by atoms with Crippen LogP contribution in [0.4, 0.5) is 20.2 Å². The molecule has 1 amide bonds. The highest BCUT2D eigenvalue weighted by molar-refractivity contribution is 6.05. The third-order valence-electron chi connectivity index (χ3n) is 2.74. The van der Waals surface area contributed by atoms with E-state index in [0.29, 0.717) is 5.69 Å². The van der Waals surface area contributed by atoms with Gasteiger partial charge in [0.1, 0.15) is 17.3 Å². The van der Waals surface area contributed by atoms with E-state index in [0.717, 1.165) is 17.7 Å². The van der Waals surface area contributed by atoms with Gasteiger partial charge in [0, 0.05) is 11.3 Å². The molecule has 0 aliphatic heterocycles. The molecule has 0 saturated carbocycles. The highest BCUT2D eigenvalue weighted by atomic mass is 19.1. The van der Waals surface area contributed by atoms with Gasteiger partial charge in [0.25, 0.3) is 5.91 Å². The third-order valence-corrected chi connectivity index (χ3v) is 2.74. The Balaban J connectivity index is 2.28. The Hall–Kier alpha value is -2.43. The van der Waals surface area contributed by atoms with Gasteiger partial charge in [0.2, 0.25) is 0 Å². The second-order valence-electron chi connectivity index (χ2n) is 4.12. The summed E-state index contributed by atoms with van der Waals surface area (Å²) in [7, 11) is 0. The summed E-state index contributed by atoms with van der Waals surface area (Å²) in [4.78, 5) is 11.9. The average molecular weight is 262 g/mol. The zero-order valence-corrected chi connectivity index (χ0v) is 10.2. The molecule has 0 aliphatic rings. The van der Waals surface area contributed by atoms with Gasteiger partial charge >= 0.3 is 0 Å². The molecule has 0 spiro atoms. The van der Waals surface area contributed by atoms with Gasteiger partial charge in [-0.1, -0.05) is 12.1 Å². The monoisotopic (exact) mass is 262 g/mol. The summed E-state index contributed by atoms with van der Waals surface area (Å²) >= 11 is 0. The molecule has 5 heteroatoms. The molecule has 0 aliphatic carbocycles. The summed E-state index contributed by atoms with van der Waals surface area (Å²) in [5.41, 5.74) is 6.73. The Morgan fingerprint density at radius 1 is 1.16 bits per heavy atom. The van der Waals surface area contributed by atoms with Crippen molar-refractivity contribution in [2.75, 3.05) is 11.1 Å². The highest BCUT2D eigenvalue weighted by Gasteiger charge is 2.13. The average Bonchev–Trinajstić information content (AvgIpc) is 2.37. The van der Waals surface area contributed by atoms with Crippen molar-refractivity contribution in [1.29, 1.82) is 0 Å². The van der Waals surface area contributed by atoms with Crippen molar-refractivity contribution in [1.82, 2.24) is 0 Å². The molecule has 0 saturated heterocycles. The van der Waals surface area contributed by atoms with E-state index in [1.807, 2.05) is 0 Å². The summed E-state index contributed by atoms with van der Waals surface area (Å²) in [6, 6.07) is 8.04. The van der Waals surface area contributed by atoms with Crippen molar-refractivity contribution in [2.45, 2.75) is 6.92 Å². The smallest absolute Gasteiger partial charge is 0.255 e. The number of halogens is 2.